The van der Waals surface area contributed by atoms with Gasteiger partial charge < -0.3 is 4.74 Å². The Morgan fingerprint density at radius 2 is 2.00 bits per heavy atom. The summed E-state index contributed by atoms with van der Waals surface area (Å²) in [4.78, 5) is 4.42. The number of allylic oxidation sites excluding steroid dienone is 3. The van der Waals surface area contributed by atoms with Gasteiger partial charge in [0.2, 0.25) is 5.88 Å². The Balaban J connectivity index is 2.72. The maximum absolute atomic E-state index is 5.81. The first-order valence-corrected chi connectivity index (χ1v) is 5.61. The molecule has 0 saturated carbocycles. The van der Waals surface area contributed by atoms with Gasteiger partial charge in [-0.05, 0) is 37.8 Å². The summed E-state index contributed by atoms with van der Waals surface area (Å²) in [5.41, 5.74) is 1.00. The number of aliphatic imine (C=N–C) groups is 1. The van der Waals surface area contributed by atoms with Gasteiger partial charge in [0.25, 0.3) is 0 Å². The Kier molecular flexibility index (Phi) is 4.13. The van der Waals surface area contributed by atoms with Crippen LogP contribution in [0.1, 0.15) is 34.6 Å². The average molecular weight is 207 g/mol. The number of hydrogen-bond acceptors (Lipinski definition) is 2. The van der Waals surface area contributed by atoms with E-state index in [0.29, 0.717) is 11.8 Å². The second kappa shape index (κ2) is 5.15. The van der Waals surface area contributed by atoms with E-state index in [1.807, 2.05) is 13.0 Å². The van der Waals surface area contributed by atoms with Crippen LogP contribution in [0.25, 0.3) is 0 Å². The van der Waals surface area contributed by atoms with Crippen molar-refractivity contribution in [3.63, 3.8) is 0 Å². The molecule has 2 nitrogen and oxygen atoms in total. The van der Waals surface area contributed by atoms with Crippen LogP contribution in [-0.4, -0.2) is 11.8 Å². The fourth-order valence-electron chi connectivity index (χ4n) is 1.21. The van der Waals surface area contributed by atoms with Crippen molar-refractivity contribution in [3.8, 4) is 0 Å². The maximum Gasteiger partial charge on any atom is 0.210 e. The monoisotopic (exact) mass is 207 g/mol. The van der Waals surface area contributed by atoms with Crippen molar-refractivity contribution in [1.29, 1.82) is 0 Å². The van der Waals surface area contributed by atoms with Crippen molar-refractivity contribution in [3.05, 3.63) is 24.1 Å². The molecule has 0 fully saturated rings. The number of nitrogens with zero attached hydrogens (tertiary/aromatic N) is 1. The third kappa shape index (κ3) is 3.90. The summed E-state index contributed by atoms with van der Waals surface area (Å²) < 4.78 is 5.81. The fourth-order valence-corrected chi connectivity index (χ4v) is 1.21. The zero-order chi connectivity index (χ0) is 11.4. The van der Waals surface area contributed by atoms with Crippen LogP contribution >= 0.6 is 0 Å². The first-order chi connectivity index (χ1) is 6.99. The molecule has 2 unspecified atom stereocenters. The SMILES string of the molecule is CC1=NC(OC(C)C(C)C)=CC(C)C=C1. The molecule has 0 amide bonds. The lowest BCUT2D eigenvalue weighted by Gasteiger charge is -2.18. The highest BCUT2D eigenvalue weighted by atomic mass is 16.5. The molecule has 0 bridgehead atoms. The molecule has 0 spiro atoms. The largest absolute Gasteiger partial charge is 0.475 e. The molecule has 0 aromatic heterocycles. The Bertz CT molecular complexity index is 300. The summed E-state index contributed by atoms with van der Waals surface area (Å²) in [5.74, 6) is 1.65. The Hall–Kier alpha value is -1.05. The summed E-state index contributed by atoms with van der Waals surface area (Å²) in [5, 5.41) is 0. The van der Waals surface area contributed by atoms with Gasteiger partial charge in [-0.15, -0.1) is 0 Å². The molecular formula is C13H21NO. The number of hydrogen-bond donors (Lipinski definition) is 0. The third-order valence-corrected chi connectivity index (χ3v) is 2.58. The molecule has 2 atom stereocenters. The van der Waals surface area contributed by atoms with E-state index in [1.165, 1.54) is 0 Å². The summed E-state index contributed by atoms with van der Waals surface area (Å²) >= 11 is 0. The van der Waals surface area contributed by atoms with Gasteiger partial charge in [0.05, 0.1) is 6.10 Å². The minimum Gasteiger partial charge on any atom is -0.475 e. The molecule has 0 aromatic carbocycles. The van der Waals surface area contributed by atoms with E-state index in [0.717, 1.165) is 11.6 Å². The van der Waals surface area contributed by atoms with Crippen molar-refractivity contribution >= 4 is 5.71 Å². The predicted molar refractivity (Wildman–Crippen MR) is 64.9 cm³/mol. The van der Waals surface area contributed by atoms with Gasteiger partial charge in [-0.25, -0.2) is 4.99 Å². The van der Waals surface area contributed by atoms with Gasteiger partial charge in [0.1, 0.15) is 0 Å². The summed E-state index contributed by atoms with van der Waals surface area (Å²) in [6.45, 7) is 10.5. The smallest absolute Gasteiger partial charge is 0.210 e. The van der Waals surface area contributed by atoms with Crippen LogP contribution in [0.4, 0.5) is 0 Å². The fraction of sp³-hybridized carbons (Fsp3) is 0.615. The van der Waals surface area contributed by atoms with E-state index in [1.54, 1.807) is 0 Å². The van der Waals surface area contributed by atoms with Crippen molar-refractivity contribution < 1.29 is 4.74 Å². The molecule has 2 heteroatoms. The van der Waals surface area contributed by atoms with E-state index in [-0.39, 0.29) is 6.10 Å². The lowest BCUT2D eigenvalue weighted by Crippen LogP contribution is -2.15. The molecule has 84 valence electrons. The number of rotatable bonds is 3. The quantitative estimate of drug-likeness (QED) is 0.693. The topological polar surface area (TPSA) is 21.6 Å². The summed E-state index contributed by atoms with van der Waals surface area (Å²) in [6.07, 6.45) is 6.44. The molecular weight excluding hydrogens is 186 g/mol. The van der Waals surface area contributed by atoms with Gasteiger partial charge in [-0.1, -0.05) is 26.8 Å². The Morgan fingerprint density at radius 3 is 2.60 bits per heavy atom. The minimum atomic E-state index is 0.207. The molecule has 1 aliphatic rings. The normalized spacial score (nSPS) is 23.2. The van der Waals surface area contributed by atoms with Gasteiger partial charge >= 0.3 is 0 Å². The van der Waals surface area contributed by atoms with Gasteiger partial charge in [0.15, 0.2) is 0 Å². The van der Waals surface area contributed by atoms with Crippen molar-refractivity contribution in [2.24, 2.45) is 16.8 Å². The van der Waals surface area contributed by atoms with Crippen LogP contribution in [-0.2, 0) is 4.74 Å². The van der Waals surface area contributed by atoms with E-state index < -0.39 is 0 Å². The van der Waals surface area contributed by atoms with Gasteiger partial charge in [-0.2, -0.15) is 0 Å². The highest BCUT2D eigenvalue weighted by Gasteiger charge is 2.11. The summed E-state index contributed by atoms with van der Waals surface area (Å²) in [6, 6.07) is 0. The second-order valence-electron chi connectivity index (χ2n) is 4.54. The molecule has 1 aliphatic heterocycles. The standard InChI is InChI=1S/C13H21NO/c1-9(2)12(5)15-13-8-10(3)6-7-11(4)14-13/h6-10,12H,1-5H3. The molecule has 0 N–H and O–H groups in total. The van der Waals surface area contributed by atoms with Gasteiger partial charge in [-0.3, -0.25) is 0 Å². The molecule has 0 aliphatic carbocycles. The van der Waals surface area contributed by atoms with Crippen LogP contribution in [0.3, 0.4) is 0 Å². The van der Waals surface area contributed by atoms with E-state index >= 15 is 0 Å². The van der Waals surface area contributed by atoms with Gasteiger partial charge in [0, 0.05) is 5.71 Å². The lowest BCUT2D eigenvalue weighted by molar-refractivity contribution is 0.0903. The van der Waals surface area contributed by atoms with Crippen molar-refractivity contribution in [2.45, 2.75) is 40.7 Å². The van der Waals surface area contributed by atoms with Crippen molar-refractivity contribution in [1.82, 2.24) is 0 Å². The van der Waals surface area contributed by atoms with Crippen LogP contribution < -0.4 is 0 Å². The molecule has 0 saturated heterocycles. The first-order valence-electron chi connectivity index (χ1n) is 5.61. The van der Waals surface area contributed by atoms with Crippen LogP contribution in [0, 0.1) is 11.8 Å². The van der Waals surface area contributed by atoms with Crippen LogP contribution in [0.2, 0.25) is 0 Å². The predicted octanol–water partition coefficient (Wildman–Crippen LogP) is 3.56. The van der Waals surface area contributed by atoms with Crippen LogP contribution in [0.5, 0.6) is 0 Å². The minimum absolute atomic E-state index is 0.207. The zero-order valence-corrected chi connectivity index (χ0v) is 10.3. The molecule has 1 heterocycles. The maximum atomic E-state index is 5.81. The van der Waals surface area contributed by atoms with E-state index in [2.05, 4.69) is 44.8 Å². The van der Waals surface area contributed by atoms with E-state index in [4.69, 9.17) is 4.74 Å². The zero-order valence-electron chi connectivity index (χ0n) is 10.3. The first kappa shape index (κ1) is 12.0. The third-order valence-electron chi connectivity index (χ3n) is 2.58. The number of ether oxygens (including phenoxy) is 1. The molecule has 1 rings (SSSR count). The Morgan fingerprint density at radius 1 is 1.33 bits per heavy atom. The second-order valence-corrected chi connectivity index (χ2v) is 4.54. The molecule has 0 aromatic rings. The lowest BCUT2D eigenvalue weighted by atomic mass is 10.1. The highest BCUT2D eigenvalue weighted by Crippen LogP contribution is 2.17. The Labute approximate surface area is 92.7 Å². The van der Waals surface area contributed by atoms with E-state index in [9.17, 15) is 0 Å². The highest BCUT2D eigenvalue weighted by molar-refractivity contribution is 5.93. The molecule has 15 heavy (non-hydrogen) atoms. The van der Waals surface area contributed by atoms with Crippen LogP contribution in [0.15, 0.2) is 29.1 Å². The summed E-state index contributed by atoms with van der Waals surface area (Å²) in [7, 11) is 0. The average Bonchev–Trinajstić information content (AvgIpc) is 2.28. The molecule has 0 radical (unpaired) electrons. The van der Waals surface area contributed by atoms with Crippen molar-refractivity contribution in [2.75, 3.05) is 0 Å².